The van der Waals surface area contributed by atoms with E-state index in [1.807, 2.05) is 0 Å². The van der Waals surface area contributed by atoms with Crippen molar-refractivity contribution >= 4 is 28.7 Å². The number of hydrogen-bond donors (Lipinski definition) is 0. The van der Waals surface area contributed by atoms with Crippen molar-refractivity contribution in [3.63, 3.8) is 0 Å². The Kier molecular flexibility index (Phi) is 5.20. The van der Waals surface area contributed by atoms with Crippen molar-refractivity contribution in [1.82, 2.24) is 0 Å². The first kappa shape index (κ1) is 11.7. The zero-order valence-corrected chi connectivity index (χ0v) is 9.90. The van der Waals surface area contributed by atoms with Crippen molar-refractivity contribution in [2.24, 2.45) is 5.92 Å². The number of Topliss-reactive ketones (excluding diaryl/α,β-unsaturated/α-hetero) is 1. The van der Waals surface area contributed by atoms with E-state index < -0.39 is 0 Å². The van der Waals surface area contributed by atoms with E-state index in [9.17, 15) is 4.79 Å². The molecule has 0 fully saturated rings. The predicted molar refractivity (Wildman–Crippen MR) is 62.1 cm³/mol. The first-order valence-corrected chi connectivity index (χ1v) is 6.29. The number of carbonyl (C=O) groups excluding carboxylic acids is 1. The average Bonchev–Trinajstić information content (AvgIpc) is 2.64. The number of rotatable bonds is 6. The first-order chi connectivity index (χ1) is 6.74. The summed E-state index contributed by atoms with van der Waals surface area (Å²) < 4.78 is 0. The van der Waals surface area contributed by atoms with E-state index in [0.717, 1.165) is 19.3 Å². The smallest absolute Gasteiger partial charge is 0.132 e. The van der Waals surface area contributed by atoms with Crippen molar-refractivity contribution in [2.45, 2.75) is 26.2 Å². The molecule has 3 heteroatoms. The molecule has 78 valence electrons. The molecule has 1 aromatic heterocycles. The Morgan fingerprint density at radius 3 is 2.86 bits per heavy atom. The average molecular weight is 231 g/mol. The maximum Gasteiger partial charge on any atom is 0.132 e. The van der Waals surface area contributed by atoms with Gasteiger partial charge in [0.1, 0.15) is 5.78 Å². The molecular weight excluding hydrogens is 216 g/mol. The molecule has 1 nitrogen and oxygen atoms in total. The van der Waals surface area contributed by atoms with E-state index in [1.165, 1.54) is 5.56 Å². The Bertz CT molecular complexity index is 269. The molecule has 1 atom stereocenters. The monoisotopic (exact) mass is 230 g/mol. The molecule has 1 rings (SSSR count). The van der Waals surface area contributed by atoms with Gasteiger partial charge in [0.15, 0.2) is 0 Å². The van der Waals surface area contributed by atoms with E-state index in [-0.39, 0.29) is 11.7 Å². The van der Waals surface area contributed by atoms with Gasteiger partial charge in [-0.05, 0) is 48.6 Å². The fourth-order valence-electron chi connectivity index (χ4n) is 1.46. The molecule has 1 unspecified atom stereocenters. The highest BCUT2D eigenvalue weighted by molar-refractivity contribution is 7.07. The number of alkyl halides is 1. The summed E-state index contributed by atoms with van der Waals surface area (Å²) in [6, 6.07) is 2.11. The van der Waals surface area contributed by atoms with Crippen LogP contribution in [0.25, 0.3) is 0 Å². The molecule has 0 aliphatic rings. The van der Waals surface area contributed by atoms with E-state index in [1.54, 1.807) is 18.3 Å². The SMILES string of the molecule is CC(=O)C(CCCl)CCc1ccsc1. The first-order valence-electron chi connectivity index (χ1n) is 4.81. The van der Waals surface area contributed by atoms with Crippen LogP contribution in [0.2, 0.25) is 0 Å². The molecule has 0 saturated carbocycles. The Hall–Kier alpha value is -0.340. The van der Waals surface area contributed by atoms with Crippen LogP contribution in [0.3, 0.4) is 0 Å². The summed E-state index contributed by atoms with van der Waals surface area (Å²) in [6.07, 6.45) is 2.73. The van der Waals surface area contributed by atoms with E-state index in [4.69, 9.17) is 11.6 Å². The van der Waals surface area contributed by atoms with Crippen molar-refractivity contribution in [2.75, 3.05) is 5.88 Å². The van der Waals surface area contributed by atoms with E-state index in [2.05, 4.69) is 16.8 Å². The summed E-state index contributed by atoms with van der Waals surface area (Å²) in [5.41, 5.74) is 1.33. The van der Waals surface area contributed by atoms with Crippen LogP contribution in [-0.2, 0) is 11.2 Å². The molecule has 1 heterocycles. The van der Waals surface area contributed by atoms with Gasteiger partial charge in [-0.2, -0.15) is 11.3 Å². The van der Waals surface area contributed by atoms with Gasteiger partial charge in [-0.1, -0.05) is 0 Å². The summed E-state index contributed by atoms with van der Waals surface area (Å²) in [4.78, 5) is 11.2. The Balaban J connectivity index is 2.37. The minimum atomic E-state index is 0.146. The van der Waals surface area contributed by atoms with Gasteiger partial charge >= 0.3 is 0 Å². The van der Waals surface area contributed by atoms with Gasteiger partial charge in [0.25, 0.3) is 0 Å². The molecule has 0 N–H and O–H groups in total. The van der Waals surface area contributed by atoms with Crippen molar-refractivity contribution in [3.8, 4) is 0 Å². The second-order valence-electron chi connectivity index (χ2n) is 3.46. The fraction of sp³-hybridized carbons (Fsp3) is 0.545. The standard InChI is InChI=1S/C11H15ClOS/c1-9(13)11(4-6-12)3-2-10-5-7-14-8-10/h5,7-8,11H,2-4,6H2,1H3. The summed E-state index contributed by atoms with van der Waals surface area (Å²) in [5.74, 6) is 0.988. The zero-order chi connectivity index (χ0) is 10.4. The third-order valence-electron chi connectivity index (χ3n) is 2.39. The lowest BCUT2D eigenvalue weighted by Crippen LogP contribution is -2.12. The van der Waals surface area contributed by atoms with Crippen molar-refractivity contribution < 1.29 is 4.79 Å². The summed E-state index contributed by atoms with van der Waals surface area (Å²) in [6.45, 7) is 1.66. The van der Waals surface area contributed by atoms with Gasteiger partial charge in [0.2, 0.25) is 0 Å². The van der Waals surface area contributed by atoms with Gasteiger partial charge in [-0.3, -0.25) is 4.79 Å². The Morgan fingerprint density at radius 2 is 2.36 bits per heavy atom. The van der Waals surface area contributed by atoms with Crippen LogP contribution in [0.15, 0.2) is 16.8 Å². The molecule has 0 bridgehead atoms. The van der Waals surface area contributed by atoms with Gasteiger partial charge in [-0.15, -0.1) is 11.6 Å². The van der Waals surface area contributed by atoms with Crippen LogP contribution in [0, 0.1) is 5.92 Å². The molecule has 0 aliphatic carbocycles. The summed E-state index contributed by atoms with van der Waals surface area (Å²) in [5, 5.41) is 4.21. The molecular formula is C11H15ClOS. The van der Waals surface area contributed by atoms with E-state index in [0.29, 0.717) is 5.88 Å². The normalized spacial score (nSPS) is 12.7. The van der Waals surface area contributed by atoms with Crippen LogP contribution in [0.5, 0.6) is 0 Å². The van der Waals surface area contributed by atoms with E-state index >= 15 is 0 Å². The maximum absolute atomic E-state index is 11.2. The lowest BCUT2D eigenvalue weighted by molar-refractivity contribution is -0.120. The molecule has 0 aromatic carbocycles. The highest BCUT2D eigenvalue weighted by Crippen LogP contribution is 2.16. The van der Waals surface area contributed by atoms with Crippen LogP contribution in [-0.4, -0.2) is 11.7 Å². The molecule has 0 radical (unpaired) electrons. The predicted octanol–water partition coefficient (Wildman–Crippen LogP) is 3.51. The highest BCUT2D eigenvalue weighted by atomic mass is 35.5. The van der Waals surface area contributed by atoms with Crippen LogP contribution < -0.4 is 0 Å². The number of aryl methyl sites for hydroxylation is 1. The Morgan fingerprint density at radius 1 is 1.57 bits per heavy atom. The second kappa shape index (κ2) is 6.20. The van der Waals surface area contributed by atoms with Crippen molar-refractivity contribution in [3.05, 3.63) is 22.4 Å². The largest absolute Gasteiger partial charge is 0.300 e. The molecule has 14 heavy (non-hydrogen) atoms. The molecule has 1 aromatic rings. The Labute approximate surface area is 94.1 Å². The number of hydrogen-bond acceptors (Lipinski definition) is 2. The third kappa shape index (κ3) is 3.81. The number of ketones is 1. The number of halogens is 1. The highest BCUT2D eigenvalue weighted by Gasteiger charge is 2.13. The minimum Gasteiger partial charge on any atom is -0.300 e. The molecule has 0 amide bonds. The van der Waals surface area contributed by atoms with Crippen LogP contribution in [0.1, 0.15) is 25.3 Å². The zero-order valence-electron chi connectivity index (χ0n) is 8.33. The third-order valence-corrected chi connectivity index (χ3v) is 3.34. The van der Waals surface area contributed by atoms with Gasteiger partial charge in [0.05, 0.1) is 0 Å². The molecule has 0 aliphatic heterocycles. The van der Waals surface area contributed by atoms with Crippen LogP contribution >= 0.6 is 22.9 Å². The second-order valence-corrected chi connectivity index (χ2v) is 4.61. The lowest BCUT2D eigenvalue weighted by atomic mass is 9.95. The van der Waals surface area contributed by atoms with Gasteiger partial charge in [-0.25, -0.2) is 0 Å². The fourth-order valence-corrected chi connectivity index (χ4v) is 2.42. The van der Waals surface area contributed by atoms with Gasteiger partial charge < -0.3 is 0 Å². The lowest BCUT2D eigenvalue weighted by Gasteiger charge is -2.10. The molecule has 0 saturated heterocycles. The quantitative estimate of drug-likeness (QED) is 0.684. The molecule has 0 spiro atoms. The van der Waals surface area contributed by atoms with Crippen molar-refractivity contribution in [1.29, 1.82) is 0 Å². The minimum absolute atomic E-state index is 0.146. The summed E-state index contributed by atoms with van der Waals surface area (Å²) in [7, 11) is 0. The maximum atomic E-state index is 11.2. The number of thiophene rings is 1. The van der Waals surface area contributed by atoms with Crippen LogP contribution in [0.4, 0.5) is 0 Å². The topological polar surface area (TPSA) is 17.1 Å². The summed E-state index contributed by atoms with van der Waals surface area (Å²) >= 11 is 7.35. The number of carbonyl (C=O) groups is 1. The van der Waals surface area contributed by atoms with Gasteiger partial charge in [0, 0.05) is 11.8 Å².